The molecule has 4 N–H and O–H groups in total. The van der Waals surface area contributed by atoms with Crippen LogP contribution in [0.15, 0.2) is 18.3 Å². The second-order valence-corrected chi connectivity index (χ2v) is 7.05. The monoisotopic (exact) mass is 443 g/mol. The lowest BCUT2D eigenvalue weighted by molar-refractivity contribution is -0.137. The number of nitrogens with one attached hydrogen (secondary N) is 3. The molecule has 1 aliphatic rings. The summed E-state index contributed by atoms with van der Waals surface area (Å²) in [4.78, 5) is 19.7. The van der Waals surface area contributed by atoms with E-state index < -0.39 is 34.9 Å². The number of hydrogen-bond acceptors (Lipinski definition) is 7. The minimum Gasteiger partial charge on any atom is -0.495 e. The number of methoxy groups -OCH3 is 1. The second kappa shape index (κ2) is 8.53. The van der Waals surface area contributed by atoms with Gasteiger partial charge in [-0.3, -0.25) is 4.79 Å². The Labute approximate surface area is 175 Å². The van der Waals surface area contributed by atoms with Gasteiger partial charge in [0.25, 0.3) is 5.91 Å². The van der Waals surface area contributed by atoms with Crippen LogP contribution in [0.3, 0.4) is 0 Å². The highest BCUT2D eigenvalue weighted by molar-refractivity contribution is 5.95. The lowest BCUT2D eigenvalue weighted by Crippen LogP contribution is -2.33. The van der Waals surface area contributed by atoms with Crippen molar-refractivity contribution in [3.63, 3.8) is 0 Å². The molecule has 1 aromatic heterocycles. The number of hydrogen-bond donors (Lipinski definition) is 4. The van der Waals surface area contributed by atoms with Crippen molar-refractivity contribution in [2.75, 3.05) is 30.8 Å². The summed E-state index contributed by atoms with van der Waals surface area (Å²) < 4.78 is 59.0. The van der Waals surface area contributed by atoms with Crippen LogP contribution in [0.1, 0.15) is 35.7 Å². The Kier molecular flexibility index (Phi) is 6.20. The molecule has 168 valence electrons. The highest BCUT2D eigenvalue weighted by atomic mass is 19.4. The summed E-state index contributed by atoms with van der Waals surface area (Å²) in [5.74, 6) is -2.24. The predicted molar refractivity (Wildman–Crippen MR) is 104 cm³/mol. The lowest BCUT2D eigenvalue weighted by atomic mass is 10.1. The largest absolute Gasteiger partial charge is 0.495 e. The van der Waals surface area contributed by atoms with Crippen LogP contribution < -0.4 is 20.7 Å². The molecule has 1 aliphatic carbocycles. The summed E-state index contributed by atoms with van der Waals surface area (Å²) in [5.41, 5.74) is -2.28. The first-order valence-electron chi connectivity index (χ1n) is 9.39. The molecule has 1 heterocycles. The molecule has 0 saturated heterocycles. The minimum atomic E-state index is -4.65. The van der Waals surface area contributed by atoms with Crippen LogP contribution >= 0.6 is 0 Å². The van der Waals surface area contributed by atoms with Crippen molar-refractivity contribution in [2.45, 2.75) is 31.5 Å². The van der Waals surface area contributed by atoms with Crippen LogP contribution in [-0.4, -0.2) is 46.8 Å². The predicted octanol–water partition coefficient (Wildman–Crippen LogP) is 3.07. The smallest absolute Gasteiger partial charge is 0.421 e. The van der Waals surface area contributed by atoms with Crippen LogP contribution in [0, 0.1) is 5.82 Å². The maximum atomic E-state index is 14.6. The summed E-state index contributed by atoms with van der Waals surface area (Å²) in [5, 5.41) is 17.4. The number of carbonyl (C=O) groups excluding carboxylic acids is 1. The molecule has 8 nitrogen and oxygen atoms in total. The number of aliphatic hydroxyl groups is 1. The third-order valence-electron chi connectivity index (χ3n) is 4.62. The van der Waals surface area contributed by atoms with Crippen molar-refractivity contribution in [1.29, 1.82) is 0 Å². The second-order valence-electron chi connectivity index (χ2n) is 7.05. The normalized spacial score (nSPS) is 14.7. The number of aromatic nitrogens is 2. The van der Waals surface area contributed by atoms with E-state index in [1.807, 2.05) is 0 Å². The van der Waals surface area contributed by atoms with E-state index in [1.54, 1.807) is 6.92 Å². The number of nitrogens with zero attached hydrogens (tertiary/aromatic N) is 2. The van der Waals surface area contributed by atoms with Crippen LogP contribution in [-0.2, 0) is 6.18 Å². The van der Waals surface area contributed by atoms with Gasteiger partial charge in [-0.25, -0.2) is 9.37 Å². The number of anilines is 3. The molecule has 1 aromatic carbocycles. The maximum absolute atomic E-state index is 14.6. The molecule has 12 heteroatoms. The summed E-state index contributed by atoms with van der Waals surface area (Å²) in [7, 11) is 1.28. The van der Waals surface area contributed by atoms with Crippen molar-refractivity contribution in [1.82, 2.24) is 15.3 Å². The third-order valence-corrected chi connectivity index (χ3v) is 4.62. The Morgan fingerprint density at radius 2 is 2.03 bits per heavy atom. The Morgan fingerprint density at radius 3 is 2.61 bits per heavy atom. The zero-order valence-corrected chi connectivity index (χ0v) is 16.7. The van der Waals surface area contributed by atoms with E-state index in [1.165, 1.54) is 7.11 Å². The fraction of sp³-hybridized carbons (Fsp3) is 0.421. The van der Waals surface area contributed by atoms with E-state index >= 15 is 0 Å². The first kappa shape index (κ1) is 22.5. The van der Waals surface area contributed by atoms with E-state index in [-0.39, 0.29) is 36.0 Å². The number of alkyl halides is 3. The molecule has 1 amide bonds. The molecule has 0 bridgehead atoms. The fourth-order valence-corrected chi connectivity index (χ4v) is 2.73. The zero-order valence-electron chi connectivity index (χ0n) is 16.7. The first-order chi connectivity index (χ1) is 14.6. The van der Waals surface area contributed by atoms with Crippen molar-refractivity contribution >= 4 is 23.4 Å². The van der Waals surface area contributed by atoms with Gasteiger partial charge in [0.1, 0.15) is 22.9 Å². The van der Waals surface area contributed by atoms with Crippen molar-refractivity contribution < 1.29 is 32.2 Å². The van der Waals surface area contributed by atoms with Crippen LogP contribution in [0.4, 0.5) is 35.0 Å². The van der Waals surface area contributed by atoms with Gasteiger partial charge in [0.05, 0.1) is 24.0 Å². The Bertz CT molecular complexity index is 980. The van der Waals surface area contributed by atoms with E-state index in [0.29, 0.717) is 19.0 Å². The molecule has 0 aliphatic heterocycles. The molecule has 31 heavy (non-hydrogen) atoms. The van der Waals surface area contributed by atoms with Gasteiger partial charge in [-0.05, 0) is 25.8 Å². The molecule has 0 atom stereocenters. The zero-order chi connectivity index (χ0) is 22.8. The SMILES string of the molecule is CCNc1nc(Nc2cc(F)c(C(=O)NCC3(O)CC3)cc2OC)ncc1C(F)(F)F. The lowest BCUT2D eigenvalue weighted by Gasteiger charge is -2.16. The number of ether oxygens (including phenoxy) is 1. The van der Waals surface area contributed by atoms with Gasteiger partial charge in [0, 0.05) is 25.4 Å². The standard InChI is InChI=1S/C19H21F4N5O3/c1-3-24-15-11(19(21,22)23)8-25-17(28-15)27-13-7-12(20)10(6-14(13)31-2)16(29)26-9-18(30)4-5-18/h6-8,30H,3-5,9H2,1-2H3,(H,26,29)(H2,24,25,27,28). The molecule has 0 spiro atoms. The van der Waals surface area contributed by atoms with Gasteiger partial charge in [-0.1, -0.05) is 0 Å². The molecular weight excluding hydrogens is 422 g/mol. The average molecular weight is 443 g/mol. The Morgan fingerprint density at radius 1 is 1.32 bits per heavy atom. The molecule has 3 rings (SSSR count). The summed E-state index contributed by atoms with van der Waals surface area (Å²) in [6.07, 6.45) is -2.92. The number of halogens is 4. The maximum Gasteiger partial charge on any atom is 0.421 e. The van der Waals surface area contributed by atoms with Gasteiger partial charge in [0.2, 0.25) is 5.95 Å². The highest BCUT2D eigenvalue weighted by Crippen LogP contribution is 2.36. The molecular formula is C19H21F4N5O3. The summed E-state index contributed by atoms with van der Waals surface area (Å²) >= 11 is 0. The van der Waals surface area contributed by atoms with E-state index in [9.17, 15) is 27.5 Å². The van der Waals surface area contributed by atoms with E-state index in [2.05, 4.69) is 25.9 Å². The van der Waals surface area contributed by atoms with Gasteiger partial charge < -0.3 is 25.8 Å². The minimum absolute atomic E-state index is 0.000188. The van der Waals surface area contributed by atoms with Crippen LogP contribution in [0.2, 0.25) is 0 Å². The van der Waals surface area contributed by atoms with Crippen molar-refractivity contribution in [3.05, 3.63) is 35.3 Å². The molecule has 2 aromatic rings. The third kappa shape index (κ3) is 5.32. The number of amides is 1. The van der Waals surface area contributed by atoms with E-state index in [0.717, 1.165) is 12.1 Å². The summed E-state index contributed by atoms with van der Waals surface area (Å²) in [6, 6.07) is 2.09. The van der Waals surface area contributed by atoms with Crippen molar-refractivity contribution in [3.8, 4) is 5.75 Å². The van der Waals surface area contributed by atoms with Crippen LogP contribution in [0.25, 0.3) is 0 Å². The molecule has 1 saturated carbocycles. The Hall–Kier alpha value is -3.15. The number of benzene rings is 1. The Balaban J connectivity index is 1.85. The van der Waals surface area contributed by atoms with Gasteiger partial charge in [-0.15, -0.1) is 0 Å². The van der Waals surface area contributed by atoms with Gasteiger partial charge in [0.15, 0.2) is 0 Å². The van der Waals surface area contributed by atoms with Crippen molar-refractivity contribution in [2.24, 2.45) is 0 Å². The van der Waals surface area contributed by atoms with Crippen LogP contribution in [0.5, 0.6) is 5.75 Å². The molecule has 0 radical (unpaired) electrons. The fourth-order valence-electron chi connectivity index (χ4n) is 2.73. The molecule has 1 fully saturated rings. The number of rotatable bonds is 8. The topological polar surface area (TPSA) is 108 Å². The first-order valence-corrected chi connectivity index (χ1v) is 9.39. The van der Waals surface area contributed by atoms with E-state index in [4.69, 9.17) is 4.74 Å². The van der Waals surface area contributed by atoms with Gasteiger partial charge in [-0.2, -0.15) is 18.2 Å². The average Bonchev–Trinajstić information content (AvgIpc) is 3.43. The molecule has 0 unspecified atom stereocenters. The van der Waals surface area contributed by atoms with Gasteiger partial charge >= 0.3 is 6.18 Å². The summed E-state index contributed by atoms with van der Waals surface area (Å²) in [6.45, 7) is 1.80. The highest BCUT2D eigenvalue weighted by Gasteiger charge is 2.40. The quantitative estimate of drug-likeness (QED) is 0.465. The number of carbonyl (C=O) groups is 1.